The van der Waals surface area contributed by atoms with Gasteiger partial charge in [-0.2, -0.15) is 0 Å². The van der Waals surface area contributed by atoms with E-state index >= 15 is 0 Å². The van der Waals surface area contributed by atoms with Crippen molar-refractivity contribution in [3.8, 4) is 5.75 Å². The van der Waals surface area contributed by atoms with Crippen LogP contribution in [0.2, 0.25) is 0 Å². The zero-order chi connectivity index (χ0) is 18.6. The van der Waals surface area contributed by atoms with Gasteiger partial charge in [0.05, 0.1) is 0 Å². The Hall–Kier alpha value is -3.07. The first kappa shape index (κ1) is 17.3. The Morgan fingerprint density at radius 3 is 2.37 bits per heavy atom. The van der Waals surface area contributed by atoms with E-state index in [0.717, 1.165) is 34.4 Å². The number of ether oxygens (including phenoxy) is 1. The zero-order valence-corrected chi connectivity index (χ0v) is 15.5. The van der Waals surface area contributed by atoms with Crippen molar-refractivity contribution in [2.45, 2.75) is 26.0 Å². The number of amides is 1. The molecule has 0 saturated heterocycles. The van der Waals surface area contributed by atoms with E-state index in [9.17, 15) is 4.79 Å². The monoisotopic (exact) mass is 357 g/mol. The maximum Gasteiger partial charge on any atom is 0.254 e. The highest BCUT2D eigenvalue weighted by Gasteiger charge is 2.27. The SMILES string of the molecule is C[C@@H](Oc1cccc2c1CCN(Cc1ccccc1)C2=O)c1ccccc1. The molecule has 0 saturated carbocycles. The number of nitrogens with zero attached hydrogens (tertiary/aromatic N) is 1. The summed E-state index contributed by atoms with van der Waals surface area (Å²) in [6.07, 6.45) is 0.751. The fourth-order valence-electron chi connectivity index (χ4n) is 3.59. The highest BCUT2D eigenvalue weighted by Crippen LogP contribution is 2.31. The van der Waals surface area contributed by atoms with Crippen LogP contribution < -0.4 is 4.74 Å². The molecular weight excluding hydrogens is 334 g/mol. The third kappa shape index (κ3) is 3.72. The molecule has 3 aromatic rings. The summed E-state index contributed by atoms with van der Waals surface area (Å²) in [5.74, 6) is 0.898. The van der Waals surface area contributed by atoms with Crippen LogP contribution in [-0.4, -0.2) is 17.4 Å². The average Bonchev–Trinajstić information content (AvgIpc) is 2.72. The molecule has 3 aromatic carbocycles. The lowest BCUT2D eigenvalue weighted by molar-refractivity contribution is 0.0724. The third-order valence-electron chi connectivity index (χ3n) is 5.07. The number of fused-ring (bicyclic) bond motifs is 1. The summed E-state index contributed by atoms with van der Waals surface area (Å²) in [5, 5.41) is 0. The number of carbonyl (C=O) groups is 1. The highest BCUT2D eigenvalue weighted by atomic mass is 16.5. The first-order valence-corrected chi connectivity index (χ1v) is 9.39. The molecule has 0 unspecified atom stereocenters. The smallest absolute Gasteiger partial charge is 0.254 e. The molecule has 1 atom stereocenters. The Bertz CT molecular complexity index is 922. The number of rotatable bonds is 5. The van der Waals surface area contributed by atoms with Gasteiger partial charge in [-0.25, -0.2) is 0 Å². The van der Waals surface area contributed by atoms with Crippen LogP contribution in [0, 0.1) is 0 Å². The van der Waals surface area contributed by atoms with Crippen LogP contribution in [0.4, 0.5) is 0 Å². The van der Waals surface area contributed by atoms with Crippen molar-refractivity contribution >= 4 is 5.91 Å². The lowest BCUT2D eigenvalue weighted by Gasteiger charge is -2.30. The number of hydrogen-bond donors (Lipinski definition) is 0. The molecule has 0 aromatic heterocycles. The fourth-order valence-corrected chi connectivity index (χ4v) is 3.59. The highest BCUT2D eigenvalue weighted by molar-refractivity contribution is 5.97. The van der Waals surface area contributed by atoms with Crippen LogP contribution in [0.5, 0.6) is 5.75 Å². The van der Waals surface area contributed by atoms with Gasteiger partial charge in [-0.15, -0.1) is 0 Å². The largest absolute Gasteiger partial charge is 0.486 e. The van der Waals surface area contributed by atoms with Gasteiger partial charge in [-0.05, 0) is 36.6 Å². The number of carbonyl (C=O) groups excluding carboxylic acids is 1. The molecule has 1 heterocycles. The molecule has 136 valence electrons. The summed E-state index contributed by atoms with van der Waals surface area (Å²) in [6.45, 7) is 3.40. The lowest BCUT2D eigenvalue weighted by atomic mass is 9.97. The Labute approximate surface area is 160 Å². The molecule has 27 heavy (non-hydrogen) atoms. The summed E-state index contributed by atoms with van der Waals surface area (Å²) in [6, 6.07) is 26.1. The standard InChI is InChI=1S/C24H23NO2/c1-18(20-11-6-3-7-12-20)27-23-14-8-13-22-21(23)15-16-25(24(22)26)17-19-9-4-2-5-10-19/h2-14,18H,15-17H2,1H3/t18-/m1/s1. The first-order chi connectivity index (χ1) is 13.2. The summed E-state index contributed by atoms with van der Waals surface area (Å²) in [4.78, 5) is 14.9. The molecule has 0 fully saturated rings. The predicted octanol–water partition coefficient (Wildman–Crippen LogP) is 5.03. The maximum atomic E-state index is 13.0. The lowest BCUT2D eigenvalue weighted by Crippen LogP contribution is -2.37. The van der Waals surface area contributed by atoms with Gasteiger partial charge in [0, 0.05) is 24.2 Å². The van der Waals surface area contributed by atoms with Gasteiger partial charge in [0.15, 0.2) is 0 Å². The minimum atomic E-state index is -0.0600. The average molecular weight is 357 g/mol. The van der Waals surface area contributed by atoms with E-state index < -0.39 is 0 Å². The van der Waals surface area contributed by atoms with E-state index in [1.54, 1.807) is 0 Å². The topological polar surface area (TPSA) is 29.5 Å². The second kappa shape index (κ2) is 7.67. The number of benzene rings is 3. The summed E-state index contributed by atoms with van der Waals surface area (Å²) < 4.78 is 6.23. The van der Waals surface area contributed by atoms with Gasteiger partial charge in [0.2, 0.25) is 0 Å². The van der Waals surface area contributed by atoms with Gasteiger partial charge in [0.1, 0.15) is 11.9 Å². The van der Waals surface area contributed by atoms with Crippen LogP contribution >= 0.6 is 0 Å². The summed E-state index contributed by atoms with van der Waals surface area (Å²) in [7, 11) is 0. The third-order valence-corrected chi connectivity index (χ3v) is 5.07. The van der Waals surface area contributed by atoms with Crippen molar-refractivity contribution in [1.82, 2.24) is 4.90 Å². The first-order valence-electron chi connectivity index (χ1n) is 9.39. The molecule has 1 aliphatic heterocycles. The van der Waals surface area contributed by atoms with Crippen molar-refractivity contribution in [3.63, 3.8) is 0 Å². The van der Waals surface area contributed by atoms with Crippen LogP contribution in [0.25, 0.3) is 0 Å². The van der Waals surface area contributed by atoms with Crippen molar-refractivity contribution in [3.05, 3.63) is 101 Å². The zero-order valence-electron chi connectivity index (χ0n) is 15.5. The maximum absolute atomic E-state index is 13.0. The van der Waals surface area contributed by atoms with E-state index in [4.69, 9.17) is 4.74 Å². The van der Waals surface area contributed by atoms with Crippen molar-refractivity contribution in [1.29, 1.82) is 0 Å². The fraction of sp³-hybridized carbons (Fsp3) is 0.208. The number of hydrogen-bond acceptors (Lipinski definition) is 2. The molecule has 0 spiro atoms. The van der Waals surface area contributed by atoms with E-state index in [2.05, 4.69) is 24.3 Å². The summed E-state index contributed by atoms with van der Waals surface area (Å²) in [5.41, 5.74) is 4.06. The Morgan fingerprint density at radius 1 is 0.926 bits per heavy atom. The quantitative estimate of drug-likeness (QED) is 0.641. The van der Waals surface area contributed by atoms with Crippen molar-refractivity contribution < 1.29 is 9.53 Å². The molecular formula is C24H23NO2. The molecule has 3 heteroatoms. The summed E-state index contributed by atoms with van der Waals surface area (Å²) >= 11 is 0. The van der Waals surface area contributed by atoms with Crippen molar-refractivity contribution in [2.75, 3.05) is 6.54 Å². The molecule has 1 amide bonds. The van der Waals surface area contributed by atoms with Crippen LogP contribution in [0.1, 0.15) is 40.1 Å². The minimum Gasteiger partial charge on any atom is -0.486 e. The molecule has 1 aliphatic rings. The Kier molecular flexibility index (Phi) is 4.93. The molecule has 3 nitrogen and oxygen atoms in total. The predicted molar refractivity (Wildman–Crippen MR) is 107 cm³/mol. The second-order valence-corrected chi connectivity index (χ2v) is 6.92. The van der Waals surface area contributed by atoms with Gasteiger partial charge >= 0.3 is 0 Å². The minimum absolute atomic E-state index is 0.0600. The van der Waals surface area contributed by atoms with E-state index in [1.165, 1.54) is 0 Å². The molecule has 0 bridgehead atoms. The molecule has 0 N–H and O–H groups in total. The van der Waals surface area contributed by atoms with E-state index in [-0.39, 0.29) is 12.0 Å². The van der Waals surface area contributed by atoms with Gasteiger partial charge < -0.3 is 9.64 Å². The molecule has 4 rings (SSSR count). The second-order valence-electron chi connectivity index (χ2n) is 6.92. The van der Waals surface area contributed by atoms with Crippen molar-refractivity contribution in [2.24, 2.45) is 0 Å². The van der Waals surface area contributed by atoms with Crippen LogP contribution in [0.15, 0.2) is 78.9 Å². The van der Waals surface area contributed by atoms with Gasteiger partial charge in [-0.1, -0.05) is 66.7 Å². The normalized spacial score (nSPS) is 14.6. The Balaban J connectivity index is 1.55. The van der Waals surface area contributed by atoms with E-state index in [1.807, 2.05) is 66.4 Å². The van der Waals surface area contributed by atoms with Gasteiger partial charge in [-0.3, -0.25) is 4.79 Å². The van der Waals surface area contributed by atoms with E-state index in [0.29, 0.717) is 13.1 Å². The van der Waals surface area contributed by atoms with Crippen LogP contribution in [0.3, 0.4) is 0 Å². The molecule has 0 radical (unpaired) electrons. The molecule has 0 aliphatic carbocycles. The van der Waals surface area contributed by atoms with Crippen LogP contribution in [-0.2, 0) is 13.0 Å². The Morgan fingerprint density at radius 2 is 1.63 bits per heavy atom. The van der Waals surface area contributed by atoms with Gasteiger partial charge in [0.25, 0.3) is 5.91 Å².